The first-order valence-electron chi connectivity index (χ1n) is 16.7. The van der Waals surface area contributed by atoms with Crippen LogP contribution in [0, 0.1) is 66.9 Å². The second-order valence-corrected chi connectivity index (χ2v) is 18.5. The fourth-order valence-electron chi connectivity index (χ4n) is 5.40. The van der Waals surface area contributed by atoms with E-state index in [9.17, 15) is 22.0 Å². The molecule has 0 fully saturated rings. The number of hydrogen-bond acceptors (Lipinski definition) is 0. The molecule has 0 N–H and O–H groups in total. The molecule has 7 rings (SSSR count). The van der Waals surface area contributed by atoms with Crippen molar-refractivity contribution in [1.82, 2.24) is 0 Å². The minimum Gasteiger partial charge on any atom is -0.210 e. The van der Waals surface area contributed by atoms with Crippen molar-refractivity contribution in [3.8, 4) is 0 Å². The Kier molecular flexibility index (Phi) is 30.4. The van der Waals surface area contributed by atoms with Crippen LogP contribution in [0.4, 0.5) is 22.0 Å². The zero-order chi connectivity index (χ0) is 43.6. The zero-order valence-corrected chi connectivity index (χ0v) is 38.3. The average Bonchev–Trinajstić information content (AvgIpc) is 3.33. The van der Waals surface area contributed by atoms with E-state index in [1.54, 1.807) is 5.14 Å². The molecule has 0 aromatic heterocycles. The predicted molar refractivity (Wildman–Crippen MR) is 221 cm³/mol. The standard InChI is InChI=1S/C37H30P3.C6F5.4CO.Au.Mo/c1-7-19-31(20-8-1)38(32-21-9-2-10-22-32)37(39(33-23-11-3-12-24-33)34-25-13-4-14-26-34)40(35-27-15-5-16-28-35)36-29-17-6-18-30-36;7-2-1-3(8)5(10)6(11)4(2)9;4*1-2;;/h1-30H;;;;;;;/q2*-1;;;;;+1;. The van der Waals surface area contributed by atoms with Crippen molar-refractivity contribution in [2.75, 3.05) is 0 Å². The molecular formula is C47H30AuF5MoO4P3-. The molecule has 7 aromatic carbocycles. The van der Waals surface area contributed by atoms with Crippen LogP contribution in [0.3, 0.4) is 0 Å². The normalized spacial score (nSPS) is 9.46. The van der Waals surface area contributed by atoms with Gasteiger partial charge in [0.25, 0.3) is 0 Å². The smallest absolute Gasteiger partial charge is 0 e. The van der Waals surface area contributed by atoms with Crippen LogP contribution in [0.25, 0.3) is 0 Å². The van der Waals surface area contributed by atoms with E-state index in [2.05, 4.69) is 209 Å². The molecule has 61 heavy (non-hydrogen) atoms. The Morgan fingerprint density at radius 2 is 0.492 bits per heavy atom. The molecular weight excluding hydrogens is 1110 g/mol. The summed E-state index contributed by atoms with van der Waals surface area (Å²) in [5.74, 6) is -10.0. The minimum absolute atomic E-state index is 0. The van der Waals surface area contributed by atoms with Crippen molar-refractivity contribution in [1.29, 1.82) is 0 Å². The second kappa shape index (κ2) is 32.6. The van der Waals surface area contributed by atoms with Crippen LogP contribution in [0.15, 0.2) is 182 Å². The van der Waals surface area contributed by atoms with Gasteiger partial charge in [0.15, 0.2) is 0 Å². The van der Waals surface area contributed by atoms with Crippen LogP contribution in [-0.2, 0) is 62.1 Å². The van der Waals surface area contributed by atoms with E-state index in [1.165, 1.54) is 31.8 Å². The summed E-state index contributed by atoms with van der Waals surface area (Å²) < 4.78 is 89.9. The Bertz CT molecular complexity index is 1970. The Balaban J connectivity index is 0.00000146. The number of benzene rings is 7. The number of hydrogen-bond donors (Lipinski definition) is 0. The summed E-state index contributed by atoms with van der Waals surface area (Å²) in [6.45, 7) is 18.0. The molecule has 0 saturated carbocycles. The number of rotatable bonds is 9. The van der Waals surface area contributed by atoms with Crippen LogP contribution in [-0.4, -0.2) is 0 Å². The summed E-state index contributed by atoms with van der Waals surface area (Å²) in [5, 5.41) is 10.0. The van der Waals surface area contributed by atoms with Crippen molar-refractivity contribution in [2.45, 2.75) is 0 Å². The van der Waals surface area contributed by atoms with E-state index in [1.807, 2.05) is 0 Å². The molecule has 0 atom stereocenters. The summed E-state index contributed by atoms with van der Waals surface area (Å²) >= 11 is 0. The second-order valence-electron chi connectivity index (χ2n) is 11.0. The molecule has 14 heteroatoms. The van der Waals surface area contributed by atoms with Gasteiger partial charge >= 0.3 is 67.6 Å². The van der Waals surface area contributed by atoms with Gasteiger partial charge in [-0.3, -0.25) is 8.78 Å². The molecule has 0 unspecified atom stereocenters. The molecule has 0 radical (unpaired) electrons. The van der Waals surface area contributed by atoms with Crippen LogP contribution >= 0.6 is 23.8 Å². The van der Waals surface area contributed by atoms with Gasteiger partial charge in [-0.2, -0.15) is 23.8 Å². The summed E-state index contributed by atoms with van der Waals surface area (Å²) in [6, 6.07) is 68.3. The van der Waals surface area contributed by atoms with Gasteiger partial charge in [-0.25, -0.2) is 18.3 Å². The van der Waals surface area contributed by atoms with Gasteiger partial charge in [0.05, 0.1) is 29.1 Å². The van der Waals surface area contributed by atoms with Gasteiger partial charge in [-0.1, -0.05) is 182 Å². The summed E-state index contributed by atoms with van der Waals surface area (Å²) in [5.41, 5.74) is 0. The Labute approximate surface area is 385 Å². The largest absolute Gasteiger partial charge is 0.210 e. The van der Waals surface area contributed by atoms with Gasteiger partial charge in [0, 0.05) is 21.1 Å². The van der Waals surface area contributed by atoms with Crippen LogP contribution in [0.5, 0.6) is 0 Å². The molecule has 7 aromatic rings. The molecule has 0 spiro atoms. The van der Waals surface area contributed by atoms with E-state index >= 15 is 0 Å². The maximum atomic E-state index is 12.0. The van der Waals surface area contributed by atoms with E-state index < -0.39 is 52.9 Å². The molecule has 0 heterocycles. The van der Waals surface area contributed by atoms with Crippen molar-refractivity contribution >= 4 is 55.6 Å². The molecule has 4 nitrogen and oxygen atoms in total. The molecule has 0 aliphatic carbocycles. The quantitative estimate of drug-likeness (QED) is 0.0263. The third-order valence-corrected chi connectivity index (χ3v) is 17.4. The molecule has 0 saturated heterocycles. The molecule has 0 aliphatic heterocycles. The van der Waals surface area contributed by atoms with E-state index in [0.29, 0.717) is 0 Å². The fraction of sp³-hybridized carbons (Fsp3) is 0. The van der Waals surface area contributed by atoms with Crippen molar-refractivity contribution < 1.29 is 84.0 Å². The summed E-state index contributed by atoms with van der Waals surface area (Å²) in [4.78, 5) is 0. The SMILES string of the molecule is Fc1[c-]c(F)c(F)c(F)c1F.[Au+].[C-]#[O+].[C-]#[O+].[C-]#[O+].[C-]#[O+].[Mo].c1ccc(P(c2ccccc2)[C-](P(c2ccccc2)c2ccccc2)P(c2ccccc2)c2ccccc2)cc1. The predicted octanol–water partition coefficient (Wildman–Crippen LogP) is 9.86. The van der Waals surface area contributed by atoms with E-state index in [4.69, 9.17) is 18.6 Å². The molecule has 0 amide bonds. The molecule has 310 valence electrons. The minimum atomic E-state index is -2.17. The third kappa shape index (κ3) is 16.3. The van der Waals surface area contributed by atoms with E-state index in [0.717, 1.165) is 6.07 Å². The first kappa shape index (κ1) is 56.9. The average molecular weight is 1140 g/mol. The molecule has 0 aliphatic rings. The maximum Gasteiger partial charge on any atom is 0 e. The van der Waals surface area contributed by atoms with Crippen LogP contribution < -0.4 is 31.8 Å². The zero-order valence-electron chi connectivity index (χ0n) is 31.4. The van der Waals surface area contributed by atoms with Gasteiger partial charge in [-0.05, 0) is 31.8 Å². The fourth-order valence-corrected chi connectivity index (χ4v) is 17.1. The van der Waals surface area contributed by atoms with E-state index in [-0.39, 0.29) is 43.4 Å². The molecule has 0 bridgehead atoms. The summed E-state index contributed by atoms with van der Waals surface area (Å²) in [7, 11) is -2.44. The third-order valence-electron chi connectivity index (χ3n) is 7.68. The Morgan fingerprint density at radius 1 is 0.328 bits per heavy atom. The maximum absolute atomic E-state index is 12.0. The Morgan fingerprint density at radius 3 is 0.656 bits per heavy atom. The van der Waals surface area contributed by atoms with Crippen molar-refractivity contribution in [3.05, 3.63) is 249 Å². The van der Waals surface area contributed by atoms with Crippen LogP contribution in [0.1, 0.15) is 0 Å². The first-order valence-corrected chi connectivity index (χ1v) is 20.8. The van der Waals surface area contributed by atoms with Crippen molar-refractivity contribution in [3.63, 3.8) is 0 Å². The van der Waals surface area contributed by atoms with Gasteiger partial charge < -0.3 is 0 Å². The van der Waals surface area contributed by atoms with Crippen molar-refractivity contribution in [2.24, 2.45) is 0 Å². The van der Waals surface area contributed by atoms with Gasteiger partial charge in [-0.15, -0.1) is 6.07 Å². The van der Waals surface area contributed by atoms with Gasteiger partial charge in [0.2, 0.25) is 0 Å². The number of halogens is 5. The topological polar surface area (TPSA) is 79.6 Å². The monoisotopic (exact) mass is 1140 g/mol. The summed E-state index contributed by atoms with van der Waals surface area (Å²) in [6.07, 6.45) is 0. The first-order chi connectivity index (χ1) is 28.9. The van der Waals surface area contributed by atoms with Crippen LogP contribution in [0.2, 0.25) is 0 Å². The Hall–Kier alpha value is -4.13. The van der Waals surface area contributed by atoms with Gasteiger partial charge in [0.1, 0.15) is 0 Å².